The number of nitrogens with two attached hydrogens (primary N) is 1. The molecule has 2 rings (SSSR count). The second-order valence-electron chi connectivity index (χ2n) is 4.56. The maximum atomic E-state index is 12.9. The molecule has 3 nitrogen and oxygen atoms in total. The Kier molecular flexibility index (Phi) is 4.10. The molecule has 1 aromatic rings. The number of rotatable bonds is 4. The van der Waals surface area contributed by atoms with Crippen LogP contribution in [-0.4, -0.2) is 18.5 Å². The van der Waals surface area contributed by atoms with Crippen LogP contribution in [0.1, 0.15) is 12.0 Å². The van der Waals surface area contributed by atoms with Gasteiger partial charge >= 0.3 is 0 Å². The Labute approximate surface area is 106 Å². The van der Waals surface area contributed by atoms with Crippen LogP contribution in [0.15, 0.2) is 36.4 Å². The van der Waals surface area contributed by atoms with E-state index < -0.39 is 0 Å². The van der Waals surface area contributed by atoms with E-state index in [-0.39, 0.29) is 23.7 Å². The topological polar surface area (TPSA) is 55.1 Å². The summed E-state index contributed by atoms with van der Waals surface area (Å²) in [6.45, 7) is 0.516. The first-order valence-electron chi connectivity index (χ1n) is 6.11. The van der Waals surface area contributed by atoms with Gasteiger partial charge in [0.05, 0.1) is 5.92 Å². The molecule has 0 aliphatic heterocycles. The van der Waals surface area contributed by atoms with Gasteiger partial charge in [0.15, 0.2) is 0 Å². The van der Waals surface area contributed by atoms with Gasteiger partial charge in [-0.25, -0.2) is 4.39 Å². The maximum absolute atomic E-state index is 12.9. The van der Waals surface area contributed by atoms with Crippen LogP contribution in [0.25, 0.3) is 0 Å². The standard InChI is InChI=1S/C14H17FN2O/c15-12-3-1-2-10(8-12)6-7-17-14(18)11-4-5-13(16)9-11/h1-5,8,11,13H,6-7,9,16H2,(H,17,18). The van der Waals surface area contributed by atoms with E-state index in [2.05, 4.69) is 5.32 Å². The third-order valence-corrected chi connectivity index (χ3v) is 3.06. The summed E-state index contributed by atoms with van der Waals surface area (Å²) in [6, 6.07) is 6.40. The molecule has 18 heavy (non-hydrogen) atoms. The van der Waals surface area contributed by atoms with Gasteiger partial charge in [0.1, 0.15) is 5.82 Å². The van der Waals surface area contributed by atoms with Crippen molar-refractivity contribution >= 4 is 5.91 Å². The Bertz CT molecular complexity index is 459. The van der Waals surface area contributed by atoms with E-state index >= 15 is 0 Å². The molecule has 1 aromatic carbocycles. The minimum absolute atomic E-state index is 0.00407. The summed E-state index contributed by atoms with van der Waals surface area (Å²) in [4.78, 5) is 11.8. The summed E-state index contributed by atoms with van der Waals surface area (Å²) in [6.07, 6.45) is 5.01. The quantitative estimate of drug-likeness (QED) is 0.791. The molecule has 3 N–H and O–H groups in total. The minimum Gasteiger partial charge on any atom is -0.355 e. The van der Waals surface area contributed by atoms with Crippen molar-refractivity contribution in [1.82, 2.24) is 5.32 Å². The molecule has 0 radical (unpaired) electrons. The molecule has 2 atom stereocenters. The lowest BCUT2D eigenvalue weighted by atomic mass is 10.1. The van der Waals surface area contributed by atoms with Gasteiger partial charge < -0.3 is 11.1 Å². The van der Waals surface area contributed by atoms with Crippen LogP contribution in [0.5, 0.6) is 0 Å². The van der Waals surface area contributed by atoms with Gasteiger partial charge in [0, 0.05) is 12.6 Å². The van der Waals surface area contributed by atoms with Crippen molar-refractivity contribution in [2.45, 2.75) is 18.9 Å². The molecule has 2 unspecified atom stereocenters. The molecule has 96 valence electrons. The van der Waals surface area contributed by atoms with Crippen molar-refractivity contribution in [3.63, 3.8) is 0 Å². The summed E-state index contributed by atoms with van der Waals surface area (Å²) >= 11 is 0. The number of hydrogen-bond donors (Lipinski definition) is 2. The summed E-state index contributed by atoms with van der Waals surface area (Å²) in [5, 5.41) is 2.84. The number of hydrogen-bond acceptors (Lipinski definition) is 2. The van der Waals surface area contributed by atoms with Crippen molar-refractivity contribution in [1.29, 1.82) is 0 Å². The van der Waals surface area contributed by atoms with Gasteiger partial charge in [-0.1, -0.05) is 24.3 Å². The molecular weight excluding hydrogens is 231 g/mol. The highest BCUT2D eigenvalue weighted by atomic mass is 19.1. The van der Waals surface area contributed by atoms with Crippen molar-refractivity contribution in [2.24, 2.45) is 11.7 Å². The normalized spacial score (nSPS) is 22.1. The van der Waals surface area contributed by atoms with Gasteiger partial charge in [0.25, 0.3) is 0 Å². The molecule has 0 spiro atoms. The monoisotopic (exact) mass is 248 g/mol. The van der Waals surface area contributed by atoms with Gasteiger partial charge in [-0.3, -0.25) is 4.79 Å². The number of carbonyl (C=O) groups is 1. The van der Waals surface area contributed by atoms with E-state index in [1.165, 1.54) is 12.1 Å². The molecule has 4 heteroatoms. The van der Waals surface area contributed by atoms with Crippen LogP contribution in [0.2, 0.25) is 0 Å². The lowest BCUT2D eigenvalue weighted by molar-refractivity contribution is -0.123. The van der Waals surface area contributed by atoms with Crippen LogP contribution in [0, 0.1) is 11.7 Å². The van der Waals surface area contributed by atoms with Crippen molar-refractivity contribution in [3.05, 3.63) is 47.8 Å². The summed E-state index contributed by atoms with van der Waals surface area (Å²) in [5.74, 6) is -0.369. The second kappa shape index (κ2) is 5.78. The molecule has 0 aromatic heterocycles. The summed E-state index contributed by atoms with van der Waals surface area (Å²) in [5.41, 5.74) is 6.57. The van der Waals surface area contributed by atoms with E-state index in [1.807, 2.05) is 18.2 Å². The first kappa shape index (κ1) is 12.8. The smallest absolute Gasteiger partial charge is 0.227 e. The van der Waals surface area contributed by atoms with E-state index in [4.69, 9.17) is 5.73 Å². The minimum atomic E-state index is -0.247. The molecule has 0 saturated heterocycles. The zero-order valence-corrected chi connectivity index (χ0v) is 10.1. The lowest BCUT2D eigenvalue weighted by Crippen LogP contribution is -2.32. The fourth-order valence-corrected chi connectivity index (χ4v) is 2.08. The molecule has 0 fully saturated rings. The van der Waals surface area contributed by atoms with E-state index in [1.54, 1.807) is 6.07 Å². The Morgan fingerprint density at radius 1 is 1.44 bits per heavy atom. The maximum Gasteiger partial charge on any atom is 0.227 e. The molecular formula is C14H17FN2O. The fourth-order valence-electron chi connectivity index (χ4n) is 2.08. The van der Waals surface area contributed by atoms with Gasteiger partial charge in [0.2, 0.25) is 5.91 Å². The average Bonchev–Trinajstić information content (AvgIpc) is 2.76. The van der Waals surface area contributed by atoms with Crippen LogP contribution in [-0.2, 0) is 11.2 Å². The zero-order chi connectivity index (χ0) is 13.0. The van der Waals surface area contributed by atoms with E-state index in [0.29, 0.717) is 19.4 Å². The van der Waals surface area contributed by atoms with Crippen LogP contribution in [0.3, 0.4) is 0 Å². The Hall–Kier alpha value is -1.68. The first-order valence-corrected chi connectivity index (χ1v) is 6.11. The Balaban J connectivity index is 1.75. The molecule has 0 heterocycles. The van der Waals surface area contributed by atoms with Gasteiger partial charge in [-0.2, -0.15) is 0 Å². The first-order chi connectivity index (χ1) is 8.65. The number of amides is 1. The van der Waals surface area contributed by atoms with E-state index in [0.717, 1.165) is 5.56 Å². The third kappa shape index (κ3) is 3.40. The molecule has 0 bridgehead atoms. The van der Waals surface area contributed by atoms with Gasteiger partial charge in [-0.05, 0) is 30.5 Å². The van der Waals surface area contributed by atoms with Crippen LogP contribution >= 0.6 is 0 Å². The Morgan fingerprint density at radius 2 is 2.28 bits per heavy atom. The predicted octanol–water partition coefficient (Wildman–Crippen LogP) is 1.39. The third-order valence-electron chi connectivity index (χ3n) is 3.06. The Morgan fingerprint density at radius 3 is 2.94 bits per heavy atom. The highest BCUT2D eigenvalue weighted by Crippen LogP contribution is 2.16. The molecule has 0 saturated carbocycles. The highest BCUT2D eigenvalue weighted by Gasteiger charge is 2.21. The van der Waals surface area contributed by atoms with Gasteiger partial charge in [-0.15, -0.1) is 0 Å². The fraction of sp³-hybridized carbons (Fsp3) is 0.357. The van der Waals surface area contributed by atoms with Crippen molar-refractivity contribution < 1.29 is 9.18 Å². The predicted molar refractivity (Wildman–Crippen MR) is 68.3 cm³/mol. The van der Waals surface area contributed by atoms with Crippen molar-refractivity contribution in [3.8, 4) is 0 Å². The largest absolute Gasteiger partial charge is 0.355 e. The average molecular weight is 248 g/mol. The second-order valence-corrected chi connectivity index (χ2v) is 4.56. The molecule has 1 aliphatic carbocycles. The number of nitrogens with one attached hydrogen (secondary N) is 1. The highest BCUT2D eigenvalue weighted by molar-refractivity contribution is 5.81. The van der Waals surface area contributed by atoms with E-state index in [9.17, 15) is 9.18 Å². The molecule has 1 aliphatic rings. The van der Waals surface area contributed by atoms with Crippen LogP contribution in [0.4, 0.5) is 4.39 Å². The summed E-state index contributed by atoms with van der Waals surface area (Å²) < 4.78 is 12.9. The van der Waals surface area contributed by atoms with Crippen LogP contribution < -0.4 is 11.1 Å². The van der Waals surface area contributed by atoms with Crippen molar-refractivity contribution in [2.75, 3.05) is 6.54 Å². The number of halogens is 1. The zero-order valence-electron chi connectivity index (χ0n) is 10.1. The SMILES string of the molecule is NC1C=CC(C(=O)NCCc2cccc(F)c2)C1. The summed E-state index contributed by atoms with van der Waals surface area (Å²) in [7, 11) is 0. The lowest BCUT2D eigenvalue weighted by Gasteiger charge is -2.10. The number of carbonyl (C=O) groups excluding carboxylic acids is 1. The molecule has 1 amide bonds. The number of benzene rings is 1.